The van der Waals surface area contributed by atoms with Crippen LogP contribution in [-0.2, 0) is 19.7 Å². The lowest BCUT2D eigenvalue weighted by atomic mass is 10.2. The number of hydrogen-bond acceptors (Lipinski definition) is 5. The Morgan fingerprint density at radius 1 is 1.50 bits per heavy atom. The molecule has 1 atom stereocenters. The number of rotatable bonds is 9. The van der Waals surface area contributed by atoms with E-state index in [0.29, 0.717) is 0 Å². The molecule has 0 aromatic carbocycles. The molecule has 0 aliphatic carbocycles. The molecule has 0 bridgehead atoms. The summed E-state index contributed by atoms with van der Waals surface area (Å²) in [6.45, 7) is -0.201. The average molecular weight is 256 g/mol. The van der Waals surface area contributed by atoms with Crippen LogP contribution in [-0.4, -0.2) is 57.5 Å². The Labute approximate surface area is 93.8 Å². The first-order valence-electron chi connectivity index (χ1n) is 4.52. The predicted octanol–water partition coefficient (Wildman–Crippen LogP) is -2.11. The molecule has 0 aliphatic rings. The molecule has 0 aliphatic heterocycles. The summed E-state index contributed by atoms with van der Waals surface area (Å²) >= 11 is 0. The number of aliphatic hydroxyl groups excluding tert-OH is 1. The van der Waals surface area contributed by atoms with Crippen LogP contribution in [0.3, 0.4) is 0 Å². The van der Waals surface area contributed by atoms with Gasteiger partial charge in [-0.25, -0.2) is 0 Å². The van der Waals surface area contributed by atoms with Gasteiger partial charge in [0.2, 0.25) is 0 Å². The summed E-state index contributed by atoms with van der Waals surface area (Å²) in [6.07, 6.45) is -0.194. The van der Waals surface area contributed by atoms with Crippen molar-refractivity contribution in [2.24, 2.45) is 0 Å². The molecule has 9 heteroatoms. The van der Waals surface area contributed by atoms with Crippen molar-refractivity contribution < 1.29 is 28.2 Å². The summed E-state index contributed by atoms with van der Waals surface area (Å²) < 4.78 is 31.2. The van der Waals surface area contributed by atoms with Gasteiger partial charge in [0.05, 0.1) is 6.61 Å². The molecule has 0 radical (unpaired) electrons. The molecule has 0 heterocycles. The molecule has 0 fully saturated rings. The van der Waals surface area contributed by atoms with Crippen LogP contribution >= 0.6 is 0 Å². The predicted molar refractivity (Wildman–Crippen MR) is 55.1 cm³/mol. The fraction of sp³-hybridized carbons (Fsp3) is 0.857. The number of ether oxygens (including phenoxy) is 1. The highest BCUT2D eigenvalue weighted by Crippen LogP contribution is 1.93. The molecule has 4 N–H and O–H groups in total. The van der Waals surface area contributed by atoms with Gasteiger partial charge in [0.25, 0.3) is 10.2 Å². The second kappa shape index (κ2) is 7.52. The smallest absolute Gasteiger partial charge is 0.321 e. The second-order valence-electron chi connectivity index (χ2n) is 2.91. The van der Waals surface area contributed by atoms with Crippen molar-refractivity contribution in [2.45, 2.75) is 12.5 Å². The van der Waals surface area contributed by atoms with Gasteiger partial charge in [0.1, 0.15) is 6.04 Å². The zero-order valence-corrected chi connectivity index (χ0v) is 9.66. The van der Waals surface area contributed by atoms with Gasteiger partial charge in [-0.2, -0.15) is 17.9 Å². The molecule has 0 rings (SSSR count). The van der Waals surface area contributed by atoms with Gasteiger partial charge in [-0.15, -0.1) is 0 Å². The van der Waals surface area contributed by atoms with Crippen LogP contribution in [0.2, 0.25) is 0 Å². The number of carbonyl (C=O) groups is 1. The first kappa shape index (κ1) is 15.3. The van der Waals surface area contributed by atoms with Crippen molar-refractivity contribution in [1.29, 1.82) is 0 Å². The Morgan fingerprint density at radius 3 is 2.56 bits per heavy atom. The van der Waals surface area contributed by atoms with E-state index in [-0.39, 0.29) is 19.6 Å². The number of hydrogen-bond donors (Lipinski definition) is 4. The number of carboxylic acids is 1. The SMILES string of the molecule is COCCNS(=O)(=O)NC(CCO)C(=O)O. The van der Waals surface area contributed by atoms with E-state index in [9.17, 15) is 13.2 Å². The minimum atomic E-state index is -3.89. The van der Waals surface area contributed by atoms with Crippen LogP contribution in [0.15, 0.2) is 0 Å². The van der Waals surface area contributed by atoms with Crippen LogP contribution in [0.1, 0.15) is 6.42 Å². The van der Waals surface area contributed by atoms with Crippen molar-refractivity contribution in [3.05, 3.63) is 0 Å². The first-order valence-corrected chi connectivity index (χ1v) is 6.00. The van der Waals surface area contributed by atoms with Gasteiger partial charge in [0.15, 0.2) is 0 Å². The Hall–Kier alpha value is -0.740. The van der Waals surface area contributed by atoms with Crippen LogP contribution in [0.5, 0.6) is 0 Å². The van der Waals surface area contributed by atoms with Crippen molar-refractivity contribution in [3.63, 3.8) is 0 Å². The van der Waals surface area contributed by atoms with Gasteiger partial charge in [-0.1, -0.05) is 0 Å². The maximum Gasteiger partial charge on any atom is 0.321 e. The van der Waals surface area contributed by atoms with Crippen LogP contribution in [0.4, 0.5) is 0 Å². The van der Waals surface area contributed by atoms with E-state index in [0.717, 1.165) is 0 Å². The van der Waals surface area contributed by atoms with Crippen molar-refractivity contribution in [3.8, 4) is 0 Å². The molecule has 0 aromatic heterocycles. The Balaban J connectivity index is 4.25. The van der Waals surface area contributed by atoms with E-state index in [1.807, 2.05) is 4.72 Å². The number of aliphatic hydroxyl groups is 1. The summed E-state index contributed by atoms with van der Waals surface area (Å²) in [6, 6.07) is -1.34. The van der Waals surface area contributed by atoms with Crippen molar-refractivity contribution >= 4 is 16.2 Å². The molecule has 1 unspecified atom stereocenters. The maximum absolute atomic E-state index is 11.3. The summed E-state index contributed by atoms with van der Waals surface area (Å²) in [5.74, 6) is -1.34. The third kappa shape index (κ3) is 6.69. The van der Waals surface area contributed by atoms with E-state index in [2.05, 4.69) is 9.46 Å². The minimum absolute atomic E-state index is 0.0390. The Bertz CT molecular complexity index is 304. The third-order valence-electron chi connectivity index (χ3n) is 1.61. The van der Waals surface area contributed by atoms with E-state index in [4.69, 9.17) is 10.2 Å². The highest BCUT2D eigenvalue weighted by Gasteiger charge is 2.22. The summed E-state index contributed by atoms with van der Waals surface area (Å²) in [7, 11) is -2.48. The zero-order valence-electron chi connectivity index (χ0n) is 8.84. The fourth-order valence-corrected chi connectivity index (χ4v) is 1.90. The van der Waals surface area contributed by atoms with Gasteiger partial charge in [-0.3, -0.25) is 4.79 Å². The standard InChI is InChI=1S/C7H16N2O6S/c1-15-5-3-8-16(13,14)9-6(2-4-10)7(11)12/h6,8-10H,2-5H2,1H3,(H,11,12). The average Bonchev–Trinajstić information content (AvgIpc) is 2.17. The van der Waals surface area contributed by atoms with Gasteiger partial charge in [-0.05, 0) is 6.42 Å². The second-order valence-corrected chi connectivity index (χ2v) is 4.44. The number of aliphatic carboxylic acids is 1. The van der Waals surface area contributed by atoms with E-state index >= 15 is 0 Å². The summed E-state index contributed by atoms with van der Waals surface area (Å²) in [5.41, 5.74) is 0. The molecule has 0 spiro atoms. The highest BCUT2D eigenvalue weighted by atomic mass is 32.2. The molecule has 0 saturated heterocycles. The lowest BCUT2D eigenvalue weighted by Crippen LogP contribution is -2.47. The van der Waals surface area contributed by atoms with Gasteiger partial charge in [0, 0.05) is 20.3 Å². The molecule has 0 saturated carbocycles. The van der Waals surface area contributed by atoms with Crippen LogP contribution in [0, 0.1) is 0 Å². The monoisotopic (exact) mass is 256 g/mol. The molecule has 16 heavy (non-hydrogen) atoms. The zero-order chi connectivity index (χ0) is 12.6. The normalized spacial score (nSPS) is 13.6. The Kier molecular flexibility index (Phi) is 7.17. The quantitative estimate of drug-likeness (QED) is 0.350. The molecular formula is C7H16N2O6S. The molecule has 96 valence electrons. The Morgan fingerprint density at radius 2 is 2.12 bits per heavy atom. The van der Waals surface area contributed by atoms with E-state index in [1.165, 1.54) is 7.11 Å². The largest absolute Gasteiger partial charge is 0.480 e. The van der Waals surface area contributed by atoms with E-state index in [1.54, 1.807) is 0 Å². The minimum Gasteiger partial charge on any atom is -0.480 e. The van der Waals surface area contributed by atoms with Gasteiger partial charge >= 0.3 is 5.97 Å². The molecular weight excluding hydrogens is 240 g/mol. The lowest BCUT2D eigenvalue weighted by Gasteiger charge is -2.13. The van der Waals surface area contributed by atoms with Crippen molar-refractivity contribution in [1.82, 2.24) is 9.44 Å². The number of methoxy groups -OCH3 is 1. The summed E-state index contributed by atoms with van der Waals surface area (Å²) in [4.78, 5) is 10.6. The molecule has 0 aromatic rings. The maximum atomic E-state index is 11.3. The summed E-state index contributed by atoms with van der Waals surface area (Å²) in [5, 5.41) is 17.2. The number of carboxylic acid groups (broad SMARTS) is 1. The fourth-order valence-electron chi connectivity index (χ4n) is 0.869. The molecule has 0 amide bonds. The van der Waals surface area contributed by atoms with Crippen LogP contribution in [0.25, 0.3) is 0 Å². The first-order chi connectivity index (χ1) is 7.43. The molecule has 8 nitrogen and oxygen atoms in total. The lowest BCUT2D eigenvalue weighted by molar-refractivity contribution is -0.139. The van der Waals surface area contributed by atoms with Crippen molar-refractivity contribution in [2.75, 3.05) is 26.9 Å². The topological polar surface area (TPSA) is 125 Å². The third-order valence-corrected chi connectivity index (χ3v) is 2.79. The number of nitrogens with one attached hydrogen (secondary N) is 2. The highest BCUT2D eigenvalue weighted by molar-refractivity contribution is 7.87. The van der Waals surface area contributed by atoms with E-state index < -0.39 is 28.8 Å². The van der Waals surface area contributed by atoms with Crippen LogP contribution < -0.4 is 9.44 Å². The van der Waals surface area contributed by atoms with Gasteiger partial charge < -0.3 is 14.9 Å².